The minimum absolute atomic E-state index is 0.00421. The van der Waals surface area contributed by atoms with Gasteiger partial charge in [0.05, 0.1) is 6.07 Å². The van der Waals surface area contributed by atoms with E-state index < -0.39 is 5.54 Å². The summed E-state index contributed by atoms with van der Waals surface area (Å²) in [4.78, 5) is 24.7. The number of carbonyl (C=O) groups is 2. The first-order chi connectivity index (χ1) is 11.6. The van der Waals surface area contributed by atoms with Crippen molar-refractivity contribution in [3.8, 4) is 6.07 Å². The molecule has 2 N–H and O–H groups in total. The topological polar surface area (TPSA) is 82.0 Å². The van der Waals surface area contributed by atoms with Crippen molar-refractivity contribution >= 4 is 11.8 Å². The molecule has 24 heavy (non-hydrogen) atoms. The first-order valence-corrected chi connectivity index (χ1v) is 9.65. The van der Waals surface area contributed by atoms with Gasteiger partial charge in [0.1, 0.15) is 5.54 Å². The van der Waals surface area contributed by atoms with Gasteiger partial charge in [0.15, 0.2) is 0 Å². The Morgan fingerprint density at radius 2 is 1.42 bits per heavy atom. The van der Waals surface area contributed by atoms with Crippen LogP contribution in [0.15, 0.2) is 0 Å². The smallest absolute Gasteiger partial charge is 0.224 e. The summed E-state index contributed by atoms with van der Waals surface area (Å²) in [5, 5.41) is 15.6. The average Bonchev–Trinajstić information content (AvgIpc) is 3.28. The van der Waals surface area contributed by atoms with Gasteiger partial charge in [-0.15, -0.1) is 0 Å². The summed E-state index contributed by atoms with van der Waals surface area (Å²) in [6.45, 7) is 0. The molecule has 0 unspecified atom stereocenters. The lowest BCUT2D eigenvalue weighted by atomic mass is 9.84. The van der Waals surface area contributed by atoms with Gasteiger partial charge >= 0.3 is 0 Å². The van der Waals surface area contributed by atoms with Gasteiger partial charge in [-0.25, -0.2) is 0 Å². The molecule has 5 nitrogen and oxygen atoms in total. The van der Waals surface area contributed by atoms with Crippen LogP contribution in [0.3, 0.4) is 0 Å². The molecule has 0 radical (unpaired) electrons. The van der Waals surface area contributed by atoms with E-state index in [9.17, 15) is 14.9 Å². The molecule has 0 aromatic heterocycles. The zero-order valence-corrected chi connectivity index (χ0v) is 14.5. The molecule has 3 rings (SSSR count). The summed E-state index contributed by atoms with van der Waals surface area (Å²) in [5.41, 5.74) is -0.620. The quantitative estimate of drug-likeness (QED) is 0.831. The van der Waals surface area contributed by atoms with Crippen molar-refractivity contribution in [2.24, 2.45) is 11.8 Å². The molecule has 3 saturated carbocycles. The van der Waals surface area contributed by atoms with E-state index in [-0.39, 0.29) is 29.7 Å². The van der Waals surface area contributed by atoms with Gasteiger partial charge in [-0.1, -0.05) is 12.8 Å². The highest BCUT2D eigenvalue weighted by atomic mass is 16.2. The van der Waals surface area contributed by atoms with Crippen molar-refractivity contribution in [3.63, 3.8) is 0 Å². The van der Waals surface area contributed by atoms with Crippen molar-refractivity contribution in [2.45, 2.75) is 88.6 Å². The third kappa shape index (κ3) is 3.91. The number of carbonyl (C=O) groups excluding carboxylic acids is 2. The molecule has 0 atom stereocenters. The van der Waals surface area contributed by atoms with Gasteiger partial charge in [0.25, 0.3) is 0 Å². The Kier molecular flexibility index (Phi) is 5.43. The van der Waals surface area contributed by atoms with Gasteiger partial charge in [0.2, 0.25) is 11.8 Å². The van der Waals surface area contributed by atoms with Crippen LogP contribution in [0.25, 0.3) is 0 Å². The maximum atomic E-state index is 12.5. The van der Waals surface area contributed by atoms with Crippen LogP contribution in [-0.4, -0.2) is 23.4 Å². The summed E-state index contributed by atoms with van der Waals surface area (Å²) in [6, 6.07) is 2.55. The SMILES string of the molecule is N#CC1(NC(=O)C2CCC(NC(=O)C3CCCC3)CC2)CCCC1. The van der Waals surface area contributed by atoms with Gasteiger partial charge in [-0.05, 0) is 64.2 Å². The van der Waals surface area contributed by atoms with E-state index in [1.807, 2.05) is 0 Å². The predicted molar refractivity (Wildman–Crippen MR) is 90.8 cm³/mol. The highest BCUT2D eigenvalue weighted by Gasteiger charge is 2.38. The fraction of sp³-hybridized carbons (Fsp3) is 0.842. The molecule has 0 aromatic carbocycles. The number of rotatable bonds is 4. The molecular weight excluding hydrogens is 302 g/mol. The highest BCUT2D eigenvalue weighted by Crippen LogP contribution is 2.31. The Labute approximate surface area is 144 Å². The molecule has 0 saturated heterocycles. The monoisotopic (exact) mass is 331 g/mol. The number of amides is 2. The predicted octanol–water partition coefficient (Wildman–Crippen LogP) is 2.80. The minimum Gasteiger partial charge on any atom is -0.353 e. The number of nitriles is 1. The fourth-order valence-electron chi connectivity index (χ4n) is 4.59. The molecule has 0 spiro atoms. The molecule has 0 heterocycles. The van der Waals surface area contributed by atoms with E-state index in [4.69, 9.17) is 0 Å². The molecule has 0 aliphatic heterocycles. The summed E-state index contributed by atoms with van der Waals surface area (Å²) in [6.07, 6.45) is 11.4. The molecule has 3 aliphatic rings. The van der Waals surface area contributed by atoms with Crippen molar-refractivity contribution in [1.82, 2.24) is 10.6 Å². The van der Waals surface area contributed by atoms with Gasteiger partial charge in [0, 0.05) is 17.9 Å². The van der Waals surface area contributed by atoms with Crippen LogP contribution in [0.1, 0.15) is 77.0 Å². The van der Waals surface area contributed by atoms with Crippen LogP contribution in [0.2, 0.25) is 0 Å². The summed E-state index contributed by atoms with van der Waals surface area (Å²) in [5.74, 6) is 0.466. The second kappa shape index (κ2) is 7.55. The van der Waals surface area contributed by atoms with E-state index in [0.29, 0.717) is 0 Å². The van der Waals surface area contributed by atoms with Crippen molar-refractivity contribution in [3.05, 3.63) is 0 Å². The van der Waals surface area contributed by atoms with Crippen LogP contribution in [0, 0.1) is 23.2 Å². The Hall–Kier alpha value is -1.57. The van der Waals surface area contributed by atoms with Gasteiger partial charge in [-0.2, -0.15) is 5.26 Å². The van der Waals surface area contributed by atoms with Gasteiger partial charge in [-0.3, -0.25) is 9.59 Å². The number of hydrogen-bond donors (Lipinski definition) is 2. The maximum absolute atomic E-state index is 12.5. The third-order valence-corrected chi connectivity index (χ3v) is 6.20. The van der Waals surface area contributed by atoms with Crippen LogP contribution >= 0.6 is 0 Å². The lowest BCUT2D eigenvalue weighted by Gasteiger charge is -2.31. The third-order valence-electron chi connectivity index (χ3n) is 6.20. The lowest BCUT2D eigenvalue weighted by molar-refractivity contribution is -0.127. The molecule has 0 aromatic rings. The van der Waals surface area contributed by atoms with Crippen molar-refractivity contribution in [2.75, 3.05) is 0 Å². The normalized spacial score (nSPS) is 29.8. The Morgan fingerprint density at radius 3 is 2.00 bits per heavy atom. The number of nitrogens with one attached hydrogen (secondary N) is 2. The lowest BCUT2D eigenvalue weighted by Crippen LogP contribution is -2.49. The molecule has 3 fully saturated rings. The Morgan fingerprint density at radius 1 is 0.833 bits per heavy atom. The molecule has 5 heteroatoms. The molecule has 0 bridgehead atoms. The summed E-state index contributed by atoms with van der Waals surface area (Å²) < 4.78 is 0. The van der Waals surface area contributed by atoms with E-state index in [1.54, 1.807) is 0 Å². The fourth-order valence-corrected chi connectivity index (χ4v) is 4.59. The second-order valence-corrected chi connectivity index (χ2v) is 7.93. The summed E-state index contributed by atoms with van der Waals surface area (Å²) in [7, 11) is 0. The van der Waals surface area contributed by atoms with Crippen molar-refractivity contribution in [1.29, 1.82) is 5.26 Å². The maximum Gasteiger partial charge on any atom is 0.224 e. The first kappa shape index (κ1) is 17.3. The standard InChI is InChI=1S/C19H29N3O2/c20-13-19(11-3-4-12-19)22-18(24)15-7-9-16(10-8-15)21-17(23)14-5-1-2-6-14/h14-16H,1-12H2,(H,21,23)(H,22,24). The number of nitrogens with zero attached hydrogens (tertiary/aromatic N) is 1. The first-order valence-electron chi connectivity index (χ1n) is 9.65. The van der Waals surface area contributed by atoms with E-state index in [2.05, 4.69) is 16.7 Å². The summed E-state index contributed by atoms with van der Waals surface area (Å²) >= 11 is 0. The van der Waals surface area contributed by atoms with E-state index in [0.717, 1.165) is 64.2 Å². The Balaban J connectivity index is 1.43. The zero-order chi connectivity index (χ0) is 17.0. The van der Waals surface area contributed by atoms with Crippen LogP contribution in [-0.2, 0) is 9.59 Å². The highest BCUT2D eigenvalue weighted by molar-refractivity contribution is 5.80. The zero-order valence-electron chi connectivity index (χ0n) is 14.5. The van der Waals surface area contributed by atoms with Gasteiger partial charge < -0.3 is 10.6 Å². The van der Waals surface area contributed by atoms with Crippen molar-refractivity contribution < 1.29 is 9.59 Å². The molecule has 132 valence electrons. The molecular formula is C19H29N3O2. The second-order valence-electron chi connectivity index (χ2n) is 7.93. The molecule has 3 aliphatic carbocycles. The van der Waals surface area contributed by atoms with Crippen LogP contribution < -0.4 is 10.6 Å². The average molecular weight is 331 g/mol. The van der Waals surface area contributed by atoms with E-state index in [1.165, 1.54) is 12.8 Å². The van der Waals surface area contributed by atoms with Crippen LogP contribution in [0.4, 0.5) is 0 Å². The molecule has 2 amide bonds. The largest absolute Gasteiger partial charge is 0.353 e. The Bertz CT molecular complexity index is 505. The van der Waals surface area contributed by atoms with Crippen LogP contribution in [0.5, 0.6) is 0 Å². The minimum atomic E-state index is -0.620. The van der Waals surface area contributed by atoms with E-state index >= 15 is 0 Å². The number of hydrogen-bond acceptors (Lipinski definition) is 3.